The molecule has 4 rings (SSSR count). The lowest BCUT2D eigenvalue weighted by Crippen LogP contribution is -2.55. The van der Waals surface area contributed by atoms with Crippen LogP contribution in [0.1, 0.15) is 23.6 Å². The molecule has 3 aromatic carbocycles. The second kappa shape index (κ2) is 9.69. The fraction of sp³-hybridized carbons (Fsp3) is 0.240. The van der Waals surface area contributed by atoms with Crippen molar-refractivity contribution < 1.29 is 19.0 Å². The number of benzene rings is 3. The summed E-state index contributed by atoms with van der Waals surface area (Å²) in [7, 11) is 0. The Morgan fingerprint density at radius 1 is 0.844 bits per heavy atom. The van der Waals surface area contributed by atoms with Gasteiger partial charge >= 0.3 is 5.97 Å². The Bertz CT molecular complexity index is 1030. The topological polar surface area (TPSA) is 44.8 Å². The van der Waals surface area contributed by atoms with Crippen molar-refractivity contribution in [2.45, 2.75) is 18.1 Å². The molecule has 1 aliphatic rings. The molecule has 166 valence electrons. The smallest absolute Gasteiger partial charge is 0.372 e. The first-order chi connectivity index (χ1) is 15.4. The molecule has 1 heterocycles. The molecule has 0 radical (unpaired) electrons. The summed E-state index contributed by atoms with van der Waals surface area (Å²) in [5, 5.41) is 1.27. The van der Waals surface area contributed by atoms with Crippen LogP contribution in [-0.2, 0) is 30.2 Å². The van der Waals surface area contributed by atoms with Crippen LogP contribution in [-0.4, -0.2) is 25.8 Å². The average molecular weight is 583 g/mol. The van der Waals surface area contributed by atoms with E-state index < -0.39 is 17.2 Å². The summed E-state index contributed by atoms with van der Waals surface area (Å²) in [5.74, 6) is -2.20. The summed E-state index contributed by atoms with van der Waals surface area (Å²) in [6.45, 7) is 2.37. The van der Waals surface area contributed by atoms with E-state index >= 15 is 0 Å². The fourth-order valence-electron chi connectivity index (χ4n) is 3.87. The van der Waals surface area contributed by atoms with E-state index in [9.17, 15) is 4.79 Å². The van der Waals surface area contributed by atoms with Crippen LogP contribution in [0.2, 0.25) is 10.0 Å². The van der Waals surface area contributed by atoms with Crippen molar-refractivity contribution in [2.24, 2.45) is 0 Å². The van der Waals surface area contributed by atoms with Gasteiger partial charge in [-0.3, -0.25) is 0 Å². The van der Waals surface area contributed by atoms with Crippen LogP contribution in [0, 0.1) is 3.57 Å². The van der Waals surface area contributed by atoms with Crippen LogP contribution in [0.5, 0.6) is 0 Å². The van der Waals surface area contributed by atoms with Crippen LogP contribution in [0.4, 0.5) is 0 Å². The van der Waals surface area contributed by atoms with Gasteiger partial charge in [-0.25, -0.2) is 4.79 Å². The van der Waals surface area contributed by atoms with E-state index in [2.05, 4.69) is 22.6 Å². The van der Waals surface area contributed by atoms with Gasteiger partial charge in [-0.15, -0.1) is 0 Å². The normalized spacial score (nSPS) is 17.0. The van der Waals surface area contributed by atoms with Crippen LogP contribution < -0.4 is 0 Å². The van der Waals surface area contributed by atoms with E-state index in [0.29, 0.717) is 15.6 Å². The highest BCUT2D eigenvalue weighted by molar-refractivity contribution is 14.1. The van der Waals surface area contributed by atoms with Gasteiger partial charge in [-0.1, -0.05) is 59.6 Å². The Balaban J connectivity index is 1.77. The van der Waals surface area contributed by atoms with Gasteiger partial charge in [0.25, 0.3) is 5.79 Å². The fourth-order valence-corrected chi connectivity index (χ4v) is 4.48. The zero-order valence-electron chi connectivity index (χ0n) is 17.3. The Labute approximate surface area is 210 Å². The Kier molecular flexibility index (Phi) is 7.12. The molecule has 1 saturated heterocycles. The van der Waals surface area contributed by atoms with E-state index in [1.54, 1.807) is 6.92 Å². The molecule has 3 aromatic rings. The van der Waals surface area contributed by atoms with E-state index in [-0.39, 0.29) is 19.8 Å². The highest BCUT2D eigenvalue weighted by Crippen LogP contribution is 2.44. The van der Waals surface area contributed by atoms with Crippen molar-refractivity contribution >= 4 is 51.8 Å². The molecule has 0 aliphatic carbocycles. The molecule has 4 nitrogen and oxygen atoms in total. The second-order valence-corrected chi connectivity index (χ2v) is 9.64. The molecule has 0 N–H and O–H groups in total. The number of hydrogen-bond acceptors (Lipinski definition) is 4. The minimum atomic E-state index is -1.64. The summed E-state index contributed by atoms with van der Waals surface area (Å²) in [5.41, 5.74) is 1.86. The molecule has 0 spiro atoms. The number of carbonyl (C=O) groups excluding carboxylic acids is 1. The van der Waals surface area contributed by atoms with Gasteiger partial charge in [0.1, 0.15) is 0 Å². The number of halogens is 3. The number of carbonyl (C=O) groups is 1. The van der Waals surface area contributed by atoms with Gasteiger partial charge in [-0.2, -0.15) is 0 Å². The van der Waals surface area contributed by atoms with Gasteiger partial charge in [0.2, 0.25) is 0 Å². The minimum absolute atomic E-state index is 0.196. The van der Waals surface area contributed by atoms with Gasteiger partial charge in [-0.05, 0) is 77.0 Å². The van der Waals surface area contributed by atoms with Crippen molar-refractivity contribution in [1.29, 1.82) is 0 Å². The first-order valence-corrected chi connectivity index (χ1v) is 12.0. The summed E-state index contributed by atoms with van der Waals surface area (Å²) >= 11 is 14.5. The second-order valence-electron chi connectivity index (χ2n) is 7.52. The largest absolute Gasteiger partial charge is 0.462 e. The third-order valence-corrected chi connectivity index (χ3v) is 6.83. The van der Waals surface area contributed by atoms with Gasteiger partial charge in [0, 0.05) is 19.2 Å². The molecule has 7 heteroatoms. The monoisotopic (exact) mass is 582 g/mol. The molecule has 0 unspecified atom stereocenters. The zero-order valence-corrected chi connectivity index (χ0v) is 21.0. The number of esters is 1. The molecule has 32 heavy (non-hydrogen) atoms. The van der Waals surface area contributed by atoms with Crippen LogP contribution >= 0.6 is 45.8 Å². The Morgan fingerprint density at radius 3 is 1.72 bits per heavy atom. The van der Waals surface area contributed by atoms with Crippen molar-refractivity contribution in [3.05, 3.63) is 103 Å². The zero-order chi connectivity index (χ0) is 22.8. The van der Waals surface area contributed by atoms with E-state index in [1.807, 2.05) is 72.8 Å². The van der Waals surface area contributed by atoms with Crippen LogP contribution in [0.3, 0.4) is 0 Å². The Morgan fingerprint density at radius 2 is 1.28 bits per heavy atom. The SMILES string of the molecule is CCOC(=O)C1(c2ccc(I)cc2)OCC(c2ccc(Cl)cc2)(c2ccc(Cl)cc2)CO1. The maximum atomic E-state index is 13.1. The third-order valence-electron chi connectivity index (χ3n) is 5.61. The highest BCUT2D eigenvalue weighted by Gasteiger charge is 2.53. The summed E-state index contributed by atoms with van der Waals surface area (Å²) in [6.07, 6.45) is 0. The molecule has 0 aromatic heterocycles. The van der Waals surface area contributed by atoms with Gasteiger partial charge in [0.15, 0.2) is 0 Å². The lowest BCUT2D eigenvalue weighted by atomic mass is 9.75. The first kappa shape index (κ1) is 23.5. The maximum Gasteiger partial charge on any atom is 0.372 e. The summed E-state index contributed by atoms with van der Waals surface area (Å²) < 4.78 is 19.0. The molecule has 0 atom stereocenters. The number of hydrogen-bond donors (Lipinski definition) is 0. The Hall–Kier alpha value is -1.64. The summed E-state index contributed by atoms with van der Waals surface area (Å²) in [4.78, 5) is 13.1. The lowest BCUT2D eigenvalue weighted by molar-refractivity contribution is -0.290. The first-order valence-electron chi connectivity index (χ1n) is 10.1. The molecular weight excluding hydrogens is 562 g/mol. The quantitative estimate of drug-likeness (QED) is 0.260. The van der Waals surface area contributed by atoms with Crippen molar-refractivity contribution in [3.63, 3.8) is 0 Å². The van der Waals surface area contributed by atoms with Crippen molar-refractivity contribution in [2.75, 3.05) is 19.8 Å². The number of ether oxygens (including phenoxy) is 3. The number of rotatable bonds is 5. The van der Waals surface area contributed by atoms with Crippen molar-refractivity contribution in [1.82, 2.24) is 0 Å². The maximum absolute atomic E-state index is 13.1. The standard InChI is InChI=1S/C25H21Cl2IO4/c1-2-30-23(29)25(19-7-13-22(28)14-8-19)31-15-24(16-32-25,17-3-9-20(26)10-4-17)18-5-11-21(27)12-6-18/h3-14H,2,15-16H2,1H3. The van der Waals surface area contributed by atoms with Crippen LogP contribution in [0.25, 0.3) is 0 Å². The molecule has 0 bridgehead atoms. The molecule has 1 fully saturated rings. The predicted octanol–water partition coefficient (Wildman–Crippen LogP) is 6.35. The van der Waals surface area contributed by atoms with E-state index in [0.717, 1.165) is 14.7 Å². The van der Waals surface area contributed by atoms with Crippen LogP contribution in [0.15, 0.2) is 72.8 Å². The van der Waals surface area contributed by atoms with E-state index in [4.69, 9.17) is 37.4 Å². The van der Waals surface area contributed by atoms with E-state index in [1.165, 1.54) is 0 Å². The van der Waals surface area contributed by atoms with Gasteiger partial charge in [0.05, 0.1) is 25.2 Å². The molecule has 1 aliphatic heterocycles. The lowest BCUT2D eigenvalue weighted by Gasteiger charge is -2.45. The highest BCUT2D eigenvalue weighted by atomic mass is 127. The van der Waals surface area contributed by atoms with Crippen molar-refractivity contribution in [3.8, 4) is 0 Å². The molecule has 0 amide bonds. The van der Waals surface area contributed by atoms with Gasteiger partial charge < -0.3 is 14.2 Å². The predicted molar refractivity (Wildman–Crippen MR) is 133 cm³/mol. The molecular formula is C25H21Cl2IO4. The summed E-state index contributed by atoms with van der Waals surface area (Å²) in [6, 6.07) is 22.6. The minimum Gasteiger partial charge on any atom is -0.462 e. The average Bonchev–Trinajstić information content (AvgIpc) is 2.81. The third kappa shape index (κ3) is 4.41. The molecule has 0 saturated carbocycles.